The van der Waals surface area contributed by atoms with Gasteiger partial charge in [-0.25, -0.2) is 8.42 Å². The van der Waals surface area contributed by atoms with Crippen molar-refractivity contribution < 1.29 is 12.9 Å². The third kappa shape index (κ3) is 3.22. The molecule has 1 aliphatic rings. The van der Waals surface area contributed by atoms with Crippen molar-refractivity contribution in [1.82, 2.24) is 20.3 Å². The van der Waals surface area contributed by atoms with Gasteiger partial charge in [0.2, 0.25) is 0 Å². The van der Waals surface area contributed by atoms with Crippen LogP contribution in [0.4, 0.5) is 0 Å². The summed E-state index contributed by atoms with van der Waals surface area (Å²) in [6.07, 6.45) is 4.60. The lowest BCUT2D eigenvalue weighted by molar-refractivity contribution is 0.192. The van der Waals surface area contributed by atoms with Crippen LogP contribution in [0, 0.1) is 6.92 Å². The van der Waals surface area contributed by atoms with Crippen LogP contribution in [-0.2, 0) is 16.4 Å². The highest BCUT2D eigenvalue weighted by Gasteiger charge is 2.28. The van der Waals surface area contributed by atoms with Crippen molar-refractivity contribution in [2.45, 2.75) is 37.1 Å². The molecule has 0 unspecified atom stereocenters. The monoisotopic (exact) mass is 324 g/mol. The summed E-state index contributed by atoms with van der Waals surface area (Å²) in [5.41, 5.74) is 1.63. The number of likely N-dealkylation sites (tertiary alicyclic amines) is 1. The highest BCUT2D eigenvalue weighted by Crippen LogP contribution is 2.30. The Balaban J connectivity index is 1.75. The van der Waals surface area contributed by atoms with Crippen LogP contribution < -0.4 is 0 Å². The van der Waals surface area contributed by atoms with Crippen LogP contribution >= 0.6 is 0 Å². The van der Waals surface area contributed by atoms with Gasteiger partial charge in [-0.15, -0.1) is 0 Å². The number of piperidine rings is 1. The van der Waals surface area contributed by atoms with E-state index < -0.39 is 9.84 Å². The zero-order chi connectivity index (χ0) is 15.7. The smallest absolute Gasteiger partial charge is 0.178 e. The summed E-state index contributed by atoms with van der Waals surface area (Å²) in [6.45, 7) is 4.36. The fraction of sp³-hybridized carbons (Fsp3) is 0.571. The molecule has 22 heavy (non-hydrogen) atoms. The SMILES string of the molecule is Cc1cc(CN2CCC[C@@H](c3[nH]ncc3S(C)(=O)=O)C2)no1. The van der Waals surface area contributed by atoms with Crippen LogP contribution in [0.25, 0.3) is 0 Å². The Hall–Kier alpha value is -1.67. The maximum atomic E-state index is 11.8. The Bertz CT molecular complexity index is 750. The molecule has 2 aromatic rings. The molecule has 0 bridgehead atoms. The number of hydrogen-bond donors (Lipinski definition) is 1. The van der Waals surface area contributed by atoms with E-state index in [1.807, 2.05) is 13.0 Å². The molecule has 120 valence electrons. The van der Waals surface area contributed by atoms with Crippen molar-refractivity contribution in [1.29, 1.82) is 0 Å². The van der Waals surface area contributed by atoms with E-state index in [0.717, 1.165) is 49.6 Å². The van der Waals surface area contributed by atoms with Gasteiger partial charge in [-0.05, 0) is 26.3 Å². The summed E-state index contributed by atoms with van der Waals surface area (Å²) in [7, 11) is -3.25. The molecule has 0 amide bonds. The molecule has 1 fully saturated rings. The fourth-order valence-corrected chi connectivity index (χ4v) is 3.89. The molecule has 0 saturated carbocycles. The highest BCUT2D eigenvalue weighted by atomic mass is 32.2. The average molecular weight is 324 g/mol. The Morgan fingerprint density at radius 3 is 3.00 bits per heavy atom. The number of aryl methyl sites for hydroxylation is 1. The first-order valence-corrected chi connectivity index (χ1v) is 9.20. The zero-order valence-corrected chi connectivity index (χ0v) is 13.6. The lowest BCUT2D eigenvalue weighted by Gasteiger charge is -2.31. The number of rotatable bonds is 4. The molecule has 1 N–H and O–H groups in total. The van der Waals surface area contributed by atoms with Gasteiger partial charge in [0.15, 0.2) is 9.84 Å². The first kappa shape index (κ1) is 15.2. The van der Waals surface area contributed by atoms with E-state index in [2.05, 4.69) is 20.3 Å². The summed E-state index contributed by atoms with van der Waals surface area (Å²) < 4.78 is 28.8. The summed E-state index contributed by atoms with van der Waals surface area (Å²) >= 11 is 0. The van der Waals surface area contributed by atoms with Crippen molar-refractivity contribution >= 4 is 9.84 Å². The summed E-state index contributed by atoms with van der Waals surface area (Å²) in [6, 6.07) is 1.93. The second-order valence-corrected chi connectivity index (χ2v) is 7.91. The summed E-state index contributed by atoms with van der Waals surface area (Å²) in [4.78, 5) is 2.59. The minimum atomic E-state index is -3.25. The van der Waals surface area contributed by atoms with Crippen LogP contribution in [0.3, 0.4) is 0 Å². The molecule has 1 atom stereocenters. The van der Waals surface area contributed by atoms with Gasteiger partial charge < -0.3 is 4.52 Å². The number of hydrogen-bond acceptors (Lipinski definition) is 6. The van der Waals surface area contributed by atoms with Crippen molar-refractivity contribution in [2.24, 2.45) is 0 Å². The van der Waals surface area contributed by atoms with Crippen LogP contribution in [0.2, 0.25) is 0 Å². The van der Waals surface area contributed by atoms with Gasteiger partial charge in [-0.2, -0.15) is 5.10 Å². The molecule has 7 nitrogen and oxygen atoms in total. The van der Waals surface area contributed by atoms with E-state index in [0.29, 0.717) is 4.90 Å². The molecular formula is C14H20N4O3S. The zero-order valence-electron chi connectivity index (χ0n) is 12.7. The Labute approximate surface area is 129 Å². The van der Waals surface area contributed by atoms with Gasteiger partial charge in [0.25, 0.3) is 0 Å². The van der Waals surface area contributed by atoms with Crippen molar-refractivity contribution in [3.63, 3.8) is 0 Å². The minimum Gasteiger partial charge on any atom is -0.361 e. The quantitative estimate of drug-likeness (QED) is 0.916. The molecule has 8 heteroatoms. The minimum absolute atomic E-state index is 0.147. The molecule has 0 aromatic carbocycles. The molecule has 0 radical (unpaired) electrons. The van der Waals surface area contributed by atoms with Crippen LogP contribution in [0.15, 0.2) is 21.7 Å². The van der Waals surface area contributed by atoms with Crippen LogP contribution in [0.5, 0.6) is 0 Å². The largest absolute Gasteiger partial charge is 0.361 e. The van der Waals surface area contributed by atoms with Crippen LogP contribution in [0.1, 0.15) is 35.9 Å². The molecule has 0 spiro atoms. The molecule has 3 heterocycles. The summed E-state index contributed by atoms with van der Waals surface area (Å²) in [5.74, 6) is 0.950. The van der Waals surface area contributed by atoms with E-state index >= 15 is 0 Å². The molecular weight excluding hydrogens is 304 g/mol. The van der Waals surface area contributed by atoms with Gasteiger partial charge in [-0.1, -0.05) is 5.16 Å². The van der Waals surface area contributed by atoms with E-state index in [9.17, 15) is 8.42 Å². The third-order valence-corrected chi connectivity index (χ3v) is 5.13. The van der Waals surface area contributed by atoms with Crippen molar-refractivity contribution in [3.05, 3.63) is 29.4 Å². The molecule has 1 aliphatic heterocycles. The standard InChI is InChI=1S/C14H20N4O3S/c1-10-6-12(17-21-10)9-18-5-3-4-11(8-18)14-13(7-15-16-14)22(2,19)20/h6-7,11H,3-5,8-9H2,1-2H3,(H,15,16)/t11-/m1/s1. The Morgan fingerprint density at radius 1 is 1.50 bits per heavy atom. The number of aromatic amines is 1. The van der Waals surface area contributed by atoms with Crippen molar-refractivity contribution in [3.8, 4) is 0 Å². The van der Waals surface area contributed by atoms with E-state index in [4.69, 9.17) is 4.52 Å². The van der Waals surface area contributed by atoms with Crippen molar-refractivity contribution in [2.75, 3.05) is 19.3 Å². The van der Waals surface area contributed by atoms with Gasteiger partial charge >= 0.3 is 0 Å². The number of nitrogens with one attached hydrogen (secondary N) is 1. The molecule has 2 aromatic heterocycles. The lowest BCUT2D eigenvalue weighted by atomic mass is 9.95. The number of sulfone groups is 1. The van der Waals surface area contributed by atoms with Gasteiger partial charge in [0.1, 0.15) is 10.7 Å². The fourth-order valence-electron chi connectivity index (χ4n) is 3.03. The maximum Gasteiger partial charge on any atom is 0.178 e. The van der Waals surface area contributed by atoms with Gasteiger partial charge in [-0.3, -0.25) is 10.00 Å². The highest BCUT2D eigenvalue weighted by molar-refractivity contribution is 7.90. The van der Waals surface area contributed by atoms with E-state index in [-0.39, 0.29) is 5.92 Å². The first-order valence-electron chi connectivity index (χ1n) is 7.31. The van der Waals surface area contributed by atoms with E-state index in [1.165, 1.54) is 12.5 Å². The molecule has 1 saturated heterocycles. The Morgan fingerprint density at radius 2 is 2.32 bits per heavy atom. The van der Waals surface area contributed by atoms with Crippen LogP contribution in [-0.4, -0.2) is 48.0 Å². The predicted octanol–water partition coefficient (Wildman–Crippen LogP) is 1.49. The number of nitrogens with zero attached hydrogens (tertiary/aromatic N) is 3. The predicted molar refractivity (Wildman–Crippen MR) is 80.2 cm³/mol. The average Bonchev–Trinajstić information content (AvgIpc) is 3.07. The first-order chi connectivity index (χ1) is 10.4. The summed E-state index contributed by atoms with van der Waals surface area (Å²) in [5, 5.41) is 10.8. The number of aromatic nitrogens is 3. The second-order valence-electron chi connectivity index (χ2n) is 5.92. The third-order valence-electron chi connectivity index (χ3n) is 4.01. The topological polar surface area (TPSA) is 92.1 Å². The van der Waals surface area contributed by atoms with Gasteiger partial charge in [0.05, 0.1) is 17.6 Å². The molecule has 0 aliphatic carbocycles. The van der Waals surface area contributed by atoms with Gasteiger partial charge in [0, 0.05) is 31.3 Å². The van der Waals surface area contributed by atoms with E-state index in [1.54, 1.807) is 0 Å². The maximum absolute atomic E-state index is 11.8. The normalized spacial score (nSPS) is 20.4. The molecule has 3 rings (SSSR count). The number of H-pyrrole nitrogens is 1. The Kier molecular flexibility index (Phi) is 4.05. The lowest BCUT2D eigenvalue weighted by Crippen LogP contribution is -2.34. The second kappa shape index (κ2) is 5.85.